The number of benzene rings is 2. The van der Waals surface area contributed by atoms with Gasteiger partial charge in [-0.05, 0) is 43.2 Å². The fraction of sp³-hybridized carbons (Fsp3) is 0.333. The summed E-state index contributed by atoms with van der Waals surface area (Å²) < 4.78 is 30.8. The Kier molecular flexibility index (Phi) is 7.94. The number of fused-ring (bicyclic) bond motifs is 1. The molecule has 0 aliphatic carbocycles. The number of piperidine rings is 1. The van der Waals surface area contributed by atoms with Crippen LogP contribution in [0.2, 0.25) is 5.02 Å². The molecule has 0 atom stereocenters. The van der Waals surface area contributed by atoms with Gasteiger partial charge in [0.2, 0.25) is 5.88 Å². The average molecular weight is 592 g/mol. The Labute approximate surface area is 247 Å². The van der Waals surface area contributed by atoms with Gasteiger partial charge in [-0.25, -0.2) is 19.2 Å². The Morgan fingerprint density at radius 3 is 2.69 bits per heavy atom. The van der Waals surface area contributed by atoms with Crippen molar-refractivity contribution in [3.63, 3.8) is 0 Å². The number of nitrogens with zero attached hydrogens (tertiary/aromatic N) is 7. The molecule has 0 amide bonds. The number of aryl methyl sites for hydroxylation is 1. The van der Waals surface area contributed by atoms with Gasteiger partial charge in [0, 0.05) is 49.2 Å². The van der Waals surface area contributed by atoms with Crippen molar-refractivity contribution in [1.29, 1.82) is 0 Å². The lowest BCUT2D eigenvalue weighted by atomic mass is 10.1. The van der Waals surface area contributed by atoms with Crippen molar-refractivity contribution in [2.24, 2.45) is 7.05 Å². The van der Waals surface area contributed by atoms with Crippen LogP contribution in [-0.4, -0.2) is 60.0 Å². The summed E-state index contributed by atoms with van der Waals surface area (Å²) in [6, 6.07) is 12.1. The SMILES string of the molecule is COC(=O)c1ccc2nc(CN3CCC(n4ccc(OCc5ccc(Cl)cc5F)n4)CC3)n(Cc3cncn3C)c2c1. The van der Waals surface area contributed by atoms with Gasteiger partial charge in [0.25, 0.3) is 0 Å². The zero-order valence-corrected chi connectivity index (χ0v) is 24.2. The van der Waals surface area contributed by atoms with Gasteiger partial charge in [-0.3, -0.25) is 9.58 Å². The Morgan fingerprint density at radius 2 is 1.95 bits per heavy atom. The maximum absolute atomic E-state index is 14.1. The highest BCUT2D eigenvalue weighted by Gasteiger charge is 2.24. The van der Waals surface area contributed by atoms with Crippen molar-refractivity contribution in [2.75, 3.05) is 20.2 Å². The van der Waals surface area contributed by atoms with Crippen LogP contribution in [0.5, 0.6) is 5.88 Å². The number of aromatic nitrogens is 6. The highest BCUT2D eigenvalue weighted by atomic mass is 35.5. The van der Waals surface area contributed by atoms with Crippen molar-refractivity contribution in [1.82, 2.24) is 33.8 Å². The molecule has 3 aromatic heterocycles. The van der Waals surface area contributed by atoms with Crippen molar-refractivity contribution in [3.05, 3.63) is 94.7 Å². The van der Waals surface area contributed by atoms with Crippen LogP contribution in [0, 0.1) is 5.82 Å². The van der Waals surface area contributed by atoms with Crippen LogP contribution in [0.15, 0.2) is 61.2 Å². The highest BCUT2D eigenvalue weighted by Crippen LogP contribution is 2.27. The third-order valence-corrected chi connectivity index (χ3v) is 7.99. The minimum atomic E-state index is -0.396. The number of hydrogen-bond acceptors (Lipinski definition) is 7. The maximum atomic E-state index is 14.1. The zero-order chi connectivity index (χ0) is 29.2. The van der Waals surface area contributed by atoms with Gasteiger partial charge in [0.1, 0.15) is 18.2 Å². The molecule has 2 aromatic carbocycles. The van der Waals surface area contributed by atoms with Gasteiger partial charge >= 0.3 is 5.97 Å². The summed E-state index contributed by atoms with van der Waals surface area (Å²) in [6.07, 6.45) is 7.38. The van der Waals surface area contributed by atoms with Crippen LogP contribution < -0.4 is 4.74 Å². The summed E-state index contributed by atoms with van der Waals surface area (Å²) in [5, 5.41) is 4.94. The normalized spacial score (nSPS) is 14.5. The van der Waals surface area contributed by atoms with E-state index in [0.717, 1.165) is 48.5 Å². The Balaban J connectivity index is 1.13. The second-order valence-electron chi connectivity index (χ2n) is 10.5. The lowest BCUT2D eigenvalue weighted by molar-refractivity contribution is 0.0601. The Morgan fingerprint density at radius 1 is 1.12 bits per heavy atom. The quantitative estimate of drug-likeness (QED) is 0.223. The first kappa shape index (κ1) is 27.9. The fourth-order valence-electron chi connectivity index (χ4n) is 5.35. The molecule has 0 unspecified atom stereocenters. The lowest BCUT2D eigenvalue weighted by Crippen LogP contribution is -2.35. The van der Waals surface area contributed by atoms with Gasteiger partial charge in [0.05, 0.1) is 54.9 Å². The van der Waals surface area contributed by atoms with Crippen LogP contribution in [0.4, 0.5) is 4.39 Å². The van der Waals surface area contributed by atoms with Crippen molar-refractivity contribution in [3.8, 4) is 5.88 Å². The lowest BCUT2D eigenvalue weighted by Gasteiger charge is -2.31. The molecule has 0 saturated carbocycles. The van der Waals surface area contributed by atoms with Crippen molar-refractivity contribution < 1.29 is 18.7 Å². The summed E-state index contributed by atoms with van der Waals surface area (Å²) in [7, 11) is 3.35. The average Bonchev–Trinajstić information content (AvgIpc) is 3.72. The molecular weight excluding hydrogens is 561 g/mol. The van der Waals surface area contributed by atoms with E-state index < -0.39 is 5.82 Å². The predicted octanol–water partition coefficient (Wildman–Crippen LogP) is 5.01. The standard InChI is InChI=1S/C30H31ClFN7O3/c1-36-19-33-15-24(36)16-38-27-13-20(30(40)41-2)4-6-26(27)34-28(38)17-37-10-7-23(8-11-37)39-12-9-29(35-39)42-18-21-3-5-22(31)14-25(21)32/h3-6,9,12-15,19,23H,7-8,10-11,16-18H2,1-2H3. The second kappa shape index (κ2) is 11.9. The Hall–Kier alpha value is -4.22. The highest BCUT2D eigenvalue weighted by molar-refractivity contribution is 6.30. The third-order valence-electron chi connectivity index (χ3n) is 7.76. The molecule has 5 aromatic rings. The van der Waals surface area contributed by atoms with Crippen molar-refractivity contribution >= 4 is 28.6 Å². The van der Waals surface area contributed by atoms with E-state index in [-0.39, 0.29) is 18.6 Å². The number of rotatable bonds is 9. The minimum absolute atomic E-state index is 0.0827. The van der Waals surface area contributed by atoms with E-state index in [1.807, 2.05) is 46.9 Å². The smallest absolute Gasteiger partial charge is 0.337 e. The van der Waals surface area contributed by atoms with E-state index in [0.29, 0.717) is 35.1 Å². The van der Waals surface area contributed by atoms with E-state index >= 15 is 0 Å². The number of carbonyl (C=O) groups excluding carboxylic acids is 1. The molecule has 12 heteroatoms. The summed E-state index contributed by atoms with van der Waals surface area (Å²) in [5.41, 5.74) is 3.67. The maximum Gasteiger partial charge on any atom is 0.337 e. The molecular formula is C30H31ClFN7O3. The number of carbonyl (C=O) groups is 1. The molecule has 0 spiro atoms. The number of hydrogen-bond donors (Lipinski definition) is 0. The van der Waals surface area contributed by atoms with Crippen molar-refractivity contribution in [2.45, 2.75) is 38.6 Å². The van der Waals surface area contributed by atoms with Gasteiger partial charge in [-0.1, -0.05) is 17.7 Å². The van der Waals surface area contributed by atoms with Gasteiger partial charge in [0.15, 0.2) is 0 Å². The zero-order valence-electron chi connectivity index (χ0n) is 23.4. The van der Waals surface area contributed by atoms with E-state index in [1.54, 1.807) is 24.5 Å². The number of likely N-dealkylation sites (tertiary alicyclic amines) is 1. The largest absolute Gasteiger partial charge is 0.472 e. The van der Waals surface area contributed by atoms with Crippen LogP contribution in [0.3, 0.4) is 0 Å². The summed E-state index contributed by atoms with van der Waals surface area (Å²) in [4.78, 5) is 23.8. The van der Waals surface area contributed by atoms with E-state index in [4.69, 9.17) is 26.1 Å². The molecule has 1 saturated heterocycles. The van der Waals surface area contributed by atoms with Gasteiger partial charge < -0.3 is 18.6 Å². The molecule has 1 aliphatic rings. The molecule has 42 heavy (non-hydrogen) atoms. The molecule has 4 heterocycles. The third kappa shape index (κ3) is 5.88. The minimum Gasteiger partial charge on any atom is -0.472 e. The van der Waals surface area contributed by atoms with Crippen LogP contribution >= 0.6 is 11.6 Å². The molecule has 0 bridgehead atoms. The first-order valence-electron chi connectivity index (χ1n) is 13.7. The molecule has 218 valence electrons. The number of ether oxygens (including phenoxy) is 2. The van der Waals surface area contributed by atoms with Gasteiger partial charge in [-0.15, -0.1) is 5.10 Å². The van der Waals surface area contributed by atoms with Gasteiger partial charge in [-0.2, -0.15) is 0 Å². The van der Waals surface area contributed by atoms with E-state index in [2.05, 4.69) is 19.5 Å². The molecule has 6 rings (SSSR count). The van der Waals surface area contributed by atoms with Crippen LogP contribution in [0.1, 0.15) is 46.3 Å². The number of imidazole rings is 2. The fourth-order valence-corrected chi connectivity index (χ4v) is 5.51. The molecule has 0 N–H and O–H groups in total. The molecule has 1 fully saturated rings. The summed E-state index contributed by atoms with van der Waals surface area (Å²) >= 11 is 5.84. The molecule has 1 aliphatic heterocycles. The second-order valence-corrected chi connectivity index (χ2v) is 10.9. The topological polar surface area (TPSA) is 92.2 Å². The first-order chi connectivity index (χ1) is 20.4. The van der Waals surface area contributed by atoms with Crippen LogP contribution in [-0.2, 0) is 31.5 Å². The monoisotopic (exact) mass is 591 g/mol. The predicted molar refractivity (Wildman–Crippen MR) is 155 cm³/mol. The van der Waals surface area contributed by atoms with E-state index in [1.165, 1.54) is 13.2 Å². The Bertz CT molecular complexity index is 1720. The van der Waals surface area contributed by atoms with Crippen LogP contribution in [0.25, 0.3) is 11.0 Å². The van der Waals surface area contributed by atoms with E-state index in [9.17, 15) is 9.18 Å². The molecule has 10 nitrogen and oxygen atoms in total. The first-order valence-corrected chi connectivity index (χ1v) is 14.1. The summed E-state index contributed by atoms with van der Waals surface area (Å²) in [5.74, 6) is 0.614. The summed E-state index contributed by atoms with van der Waals surface area (Å²) in [6.45, 7) is 3.09. The number of methoxy groups -OCH3 is 1. The number of halogens is 2. The number of esters is 1. The molecule has 0 radical (unpaired) electrons.